The Labute approximate surface area is 189 Å². The highest BCUT2D eigenvalue weighted by Gasteiger charge is 2.26. The zero-order valence-electron chi connectivity index (χ0n) is 19.5. The first-order valence-corrected chi connectivity index (χ1v) is 10.8. The minimum Gasteiger partial charge on any atom is -0.444 e. The Hall–Kier alpha value is -3.35. The summed E-state index contributed by atoms with van der Waals surface area (Å²) in [5.41, 5.74) is 2.24. The number of nitrogens with one attached hydrogen (secondary N) is 1. The van der Waals surface area contributed by atoms with Crippen molar-refractivity contribution in [2.45, 2.75) is 45.3 Å². The van der Waals surface area contributed by atoms with Crippen molar-refractivity contribution in [2.24, 2.45) is 7.05 Å². The van der Waals surface area contributed by atoms with E-state index in [1.807, 2.05) is 82.4 Å². The first-order valence-electron chi connectivity index (χ1n) is 10.8. The van der Waals surface area contributed by atoms with Crippen molar-refractivity contribution in [3.8, 4) is 0 Å². The number of fused-ring (bicyclic) bond motifs is 1. The van der Waals surface area contributed by atoms with Gasteiger partial charge >= 0.3 is 6.09 Å². The number of nitrogens with zero attached hydrogens (tertiary/aromatic N) is 3. The molecule has 2 amide bonds. The highest BCUT2D eigenvalue weighted by atomic mass is 16.6. The standard InChI is InChI=1S/C25H32N4O3/c1-25(2,3)32-24(31)28(4)19(17-18-11-7-6-8-12-18)15-16-26-23(30)22-27-20-13-9-10-14-21(20)29(22)5/h6-14,19H,15-17H2,1-5H3,(H,26,30)/t19-/m1/s1. The largest absolute Gasteiger partial charge is 0.444 e. The van der Waals surface area contributed by atoms with Gasteiger partial charge in [-0.15, -0.1) is 0 Å². The molecule has 0 fully saturated rings. The van der Waals surface area contributed by atoms with Crippen molar-refractivity contribution >= 4 is 23.0 Å². The molecule has 7 heteroatoms. The van der Waals surface area contributed by atoms with Crippen LogP contribution in [0.4, 0.5) is 4.79 Å². The summed E-state index contributed by atoms with van der Waals surface area (Å²) >= 11 is 0. The molecule has 0 spiro atoms. The zero-order chi connectivity index (χ0) is 23.3. The van der Waals surface area contributed by atoms with Crippen LogP contribution in [0.15, 0.2) is 54.6 Å². The number of aromatic nitrogens is 2. The Kier molecular flexibility index (Phi) is 7.18. The second kappa shape index (κ2) is 9.85. The molecule has 1 aromatic heterocycles. The molecular weight excluding hydrogens is 404 g/mol. The summed E-state index contributed by atoms with van der Waals surface area (Å²) in [5.74, 6) is 0.133. The third kappa shape index (κ3) is 5.87. The van der Waals surface area contributed by atoms with E-state index in [9.17, 15) is 9.59 Å². The predicted molar refractivity (Wildman–Crippen MR) is 126 cm³/mol. The van der Waals surface area contributed by atoms with Crippen molar-refractivity contribution in [2.75, 3.05) is 13.6 Å². The molecule has 0 saturated carbocycles. The van der Waals surface area contributed by atoms with Crippen LogP contribution in [0.3, 0.4) is 0 Å². The molecule has 2 aromatic carbocycles. The van der Waals surface area contributed by atoms with Crippen LogP contribution in [0.2, 0.25) is 0 Å². The lowest BCUT2D eigenvalue weighted by Gasteiger charge is -2.31. The van der Waals surface area contributed by atoms with E-state index in [0.717, 1.165) is 16.6 Å². The van der Waals surface area contributed by atoms with Crippen LogP contribution in [0.5, 0.6) is 0 Å². The minimum absolute atomic E-state index is 0.131. The maximum atomic E-state index is 12.8. The van der Waals surface area contributed by atoms with Gasteiger partial charge in [0.25, 0.3) is 5.91 Å². The second-order valence-corrected chi connectivity index (χ2v) is 8.96. The number of imidazole rings is 1. The Morgan fingerprint density at radius 1 is 1.09 bits per heavy atom. The Morgan fingerprint density at radius 2 is 1.75 bits per heavy atom. The molecule has 32 heavy (non-hydrogen) atoms. The third-order valence-electron chi connectivity index (χ3n) is 5.30. The number of rotatable bonds is 7. The number of carbonyl (C=O) groups is 2. The fourth-order valence-corrected chi connectivity index (χ4v) is 3.58. The van der Waals surface area contributed by atoms with E-state index in [1.165, 1.54) is 0 Å². The van der Waals surface area contributed by atoms with E-state index in [1.54, 1.807) is 16.5 Å². The van der Waals surface area contributed by atoms with Crippen LogP contribution in [0.1, 0.15) is 43.4 Å². The molecular formula is C25H32N4O3. The normalized spacial score (nSPS) is 12.4. The maximum absolute atomic E-state index is 12.8. The average Bonchev–Trinajstić information content (AvgIpc) is 3.09. The monoisotopic (exact) mass is 436 g/mol. The number of likely N-dealkylation sites (N-methyl/N-ethyl adjacent to an activating group) is 1. The summed E-state index contributed by atoms with van der Waals surface area (Å²) in [5, 5.41) is 2.96. The van der Waals surface area contributed by atoms with Crippen LogP contribution in [-0.4, -0.2) is 51.7 Å². The van der Waals surface area contributed by atoms with Crippen LogP contribution >= 0.6 is 0 Å². The fourth-order valence-electron chi connectivity index (χ4n) is 3.58. The van der Waals surface area contributed by atoms with Gasteiger partial charge in [0.2, 0.25) is 0 Å². The van der Waals surface area contributed by atoms with Crippen molar-refractivity contribution < 1.29 is 14.3 Å². The highest BCUT2D eigenvalue weighted by Crippen LogP contribution is 2.17. The van der Waals surface area contributed by atoms with Crippen LogP contribution in [0, 0.1) is 0 Å². The molecule has 0 aliphatic carbocycles. The Bertz CT molecular complexity index is 1070. The third-order valence-corrected chi connectivity index (χ3v) is 5.30. The van der Waals surface area contributed by atoms with Crippen LogP contribution in [0.25, 0.3) is 11.0 Å². The molecule has 0 unspecified atom stereocenters. The van der Waals surface area contributed by atoms with Gasteiger partial charge in [0.05, 0.1) is 11.0 Å². The molecule has 3 aromatic rings. The number of benzene rings is 2. The topological polar surface area (TPSA) is 76.5 Å². The van der Waals surface area contributed by atoms with E-state index >= 15 is 0 Å². The number of ether oxygens (including phenoxy) is 1. The van der Waals surface area contributed by atoms with Gasteiger partial charge in [-0.3, -0.25) is 4.79 Å². The average molecular weight is 437 g/mol. The van der Waals surface area contributed by atoms with Gasteiger partial charge in [0.1, 0.15) is 5.60 Å². The number of para-hydroxylation sites is 2. The lowest BCUT2D eigenvalue weighted by Crippen LogP contribution is -2.43. The van der Waals surface area contributed by atoms with Gasteiger partial charge in [0, 0.05) is 26.7 Å². The van der Waals surface area contributed by atoms with E-state index in [4.69, 9.17) is 4.74 Å². The summed E-state index contributed by atoms with van der Waals surface area (Å²) in [4.78, 5) is 31.5. The van der Waals surface area contributed by atoms with Gasteiger partial charge in [-0.25, -0.2) is 9.78 Å². The number of aryl methyl sites for hydroxylation is 1. The summed E-state index contributed by atoms with van der Waals surface area (Å²) in [6.07, 6.45) is 0.874. The molecule has 1 N–H and O–H groups in total. The molecule has 0 saturated heterocycles. The summed E-state index contributed by atoms with van der Waals surface area (Å²) in [7, 11) is 3.58. The van der Waals surface area contributed by atoms with E-state index in [0.29, 0.717) is 25.2 Å². The molecule has 1 atom stereocenters. The molecule has 1 heterocycles. The number of hydrogen-bond donors (Lipinski definition) is 1. The minimum atomic E-state index is -0.572. The van der Waals surface area contributed by atoms with Crippen LogP contribution in [-0.2, 0) is 18.2 Å². The van der Waals surface area contributed by atoms with Crippen molar-refractivity contribution in [1.29, 1.82) is 0 Å². The summed E-state index contributed by atoms with van der Waals surface area (Å²) in [6.45, 7) is 5.96. The van der Waals surface area contributed by atoms with E-state index in [-0.39, 0.29) is 18.0 Å². The Balaban J connectivity index is 1.67. The number of hydrogen-bond acceptors (Lipinski definition) is 4. The van der Waals surface area contributed by atoms with Gasteiger partial charge in [-0.2, -0.15) is 0 Å². The molecule has 170 valence electrons. The van der Waals surface area contributed by atoms with Crippen molar-refractivity contribution in [3.63, 3.8) is 0 Å². The second-order valence-electron chi connectivity index (χ2n) is 8.96. The fraction of sp³-hybridized carbons (Fsp3) is 0.400. The highest BCUT2D eigenvalue weighted by molar-refractivity contribution is 5.94. The number of carbonyl (C=O) groups excluding carboxylic acids is 2. The molecule has 3 rings (SSSR count). The SMILES string of the molecule is CN(C(=O)OC(C)(C)C)[C@H](CCNC(=O)c1nc2ccccc2n1C)Cc1ccccc1. The van der Waals surface area contributed by atoms with Crippen molar-refractivity contribution in [1.82, 2.24) is 19.8 Å². The van der Waals surface area contributed by atoms with Gasteiger partial charge in [-0.1, -0.05) is 42.5 Å². The summed E-state index contributed by atoms with van der Waals surface area (Å²) in [6, 6.07) is 17.5. The summed E-state index contributed by atoms with van der Waals surface area (Å²) < 4.78 is 7.34. The van der Waals surface area contributed by atoms with E-state index in [2.05, 4.69) is 10.3 Å². The Morgan fingerprint density at radius 3 is 2.41 bits per heavy atom. The zero-order valence-corrected chi connectivity index (χ0v) is 19.5. The van der Waals surface area contributed by atoms with Gasteiger partial charge < -0.3 is 19.5 Å². The predicted octanol–water partition coefficient (Wildman–Crippen LogP) is 4.17. The molecule has 0 bridgehead atoms. The first-order chi connectivity index (χ1) is 15.2. The van der Waals surface area contributed by atoms with Gasteiger partial charge in [-0.05, 0) is 51.3 Å². The van der Waals surface area contributed by atoms with E-state index < -0.39 is 5.60 Å². The smallest absolute Gasteiger partial charge is 0.410 e. The lowest BCUT2D eigenvalue weighted by molar-refractivity contribution is 0.0215. The number of amides is 2. The molecule has 0 aliphatic rings. The van der Waals surface area contributed by atoms with Crippen molar-refractivity contribution in [3.05, 3.63) is 66.0 Å². The van der Waals surface area contributed by atoms with Gasteiger partial charge in [0.15, 0.2) is 5.82 Å². The first kappa shape index (κ1) is 23.3. The quantitative estimate of drug-likeness (QED) is 0.603. The molecule has 0 aliphatic heterocycles. The lowest BCUT2D eigenvalue weighted by atomic mass is 10.0. The van der Waals surface area contributed by atoms with Crippen LogP contribution < -0.4 is 5.32 Å². The maximum Gasteiger partial charge on any atom is 0.410 e. The molecule has 0 radical (unpaired) electrons. The molecule has 7 nitrogen and oxygen atoms in total.